The maximum Gasteiger partial charge on any atom is 0.342 e. The van der Waals surface area contributed by atoms with Gasteiger partial charge in [-0.05, 0) is 0 Å². The number of aliphatic hydroxyl groups is 3. The summed E-state index contributed by atoms with van der Waals surface area (Å²) in [6, 6.07) is -0.795. The molecule has 0 unspecified atom stereocenters. The van der Waals surface area contributed by atoms with E-state index in [4.69, 9.17) is 5.73 Å². The molecule has 0 aromatic rings. The van der Waals surface area contributed by atoms with Crippen molar-refractivity contribution in [3.63, 3.8) is 0 Å². The molecule has 1 amide bonds. The molecule has 2 saturated heterocycles. The summed E-state index contributed by atoms with van der Waals surface area (Å²) in [7, 11) is 0. The molecule has 2 aliphatic heterocycles. The number of epoxide rings is 1. The van der Waals surface area contributed by atoms with Crippen LogP contribution >= 0.6 is 0 Å². The Morgan fingerprint density at radius 3 is 2.47 bits per heavy atom. The topological polar surface area (TPSA) is 119 Å². The van der Waals surface area contributed by atoms with Gasteiger partial charge in [0.1, 0.15) is 12.1 Å². The lowest BCUT2D eigenvalue weighted by Gasteiger charge is -2.31. The van der Waals surface area contributed by atoms with E-state index in [1.165, 1.54) is 6.92 Å². The Morgan fingerprint density at radius 1 is 1.33 bits per heavy atom. The van der Waals surface area contributed by atoms with Gasteiger partial charge >= 0.3 is 6.29 Å². The lowest BCUT2D eigenvalue weighted by Crippen LogP contribution is -2.62. The van der Waals surface area contributed by atoms with Crippen LogP contribution in [0.2, 0.25) is 0 Å². The highest BCUT2D eigenvalue weighted by Crippen LogP contribution is 2.43. The number of rotatable bonds is 1. The molecule has 0 bridgehead atoms. The van der Waals surface area contributed by atoms with Crippen LogP contribution < -0.4 is 11.1 Å². The first kappa shape index (κ1) is 10.8. The van der Waals surface area contributed by atoms with E-state index in [2.05, 4.69) is 9.68 Å². The lowest BCUT2D eigenvalue weighted by molar-refractivity contribution is -0.184. The molecule has 86 valence electrons. The van der Waals surface area contributed by atoms with Crippen LogP contribution in [0.3, 0.4) is 0 Å². The summed E-state index contributed by atoms with van der Waals surface area (Å²) in [5.41, 5.74) is 5.70. The Labute approximate surface area is 86.1 Å². The van der Waals surface area contributed by atoms with Crippen molar-refractivity contribution in [2.24, 2.45) is 5.73 Å². The molecule has 7 nitrogen and oxygen atoms in total. The van der Waals surface area contributed by atoms with Gasteiger partial charge < -0.3 is 25.0 Å². The smallest absolute Gasteiger partial charge is 0.342 e. The Kier molecular flexibility index (Phi) is 2.44. The zero-order valence-electron chi connectivity index (χ0n) is 8.20. The van der Waals surface area contributed by atoms with E-state index in [0.717, 1.165) is 0 Å². The fourth-order valence-electron chi connectivity index (χ4n) is 2.07. The fraction of sp³-hybridized carbons (Fsp3) is 0.875. The molecule has 0 aliphatic carbocycles. The van der Waals surface area contributed by atoms with E-state index >= 15 is 0 Å². The van der Waals surface area contributed by atoms with Crippen LogP contribution in [-0.4, -0.2) is 58.1 Å². The number of carbonyl (C=O) groups excluding carboxylic acids is 1. The molecule has 0 aromatic heterocycles. The molecule has 6 atom stereocenters. The average molecular weight is 219 g/mol. The Bertz CT molecular complexity index is 274. The second kappa shape index (κ2) is 3.39. The zero-order valence-corrected chi connectivity index (χ0v) is 8.20. The molecular weight excluding hydrogens is 204 g/mol. The van der Waals surface area contributed by atoms with Crippen molar-refractivity contribution >= 4 is 5.91 Å². The van der Waals surface area contributed by atoms with Gasteiger partial charge in [-0.25, -0.2) is 0 Å². The van der Waals surface area contributed by atoms with Crippen molar-refractivity contribution in [2.75, 3.05) is 0 Å². The summed E-state index contributed by atoms with van der Waals surface area (Å²) in [5, 5.41) is 31.1. The van der Waals surface area contributed by atoms with Crippen molar-refractivity contribution in [1.82, 2.24) is 5.32 Å². The van der Waals surface area contributed by atoms with Gasteiger partial charge in [-0.1, -0.05) is 0 Å². The van der Waals surface area contributed by atoms with Crippen molar-refractivity contribution < 1.29 is 24.5 Å². The summed E-state index contributed by atoms with van der Waals surface area (Å²) in [6.07, 6.45) is -4.56. The quantitative estimate of drug-likeness (QED) is 0.235. The molecule has 0 saturated carbocycles. The van der Waals surface area contributed by atoms with Gasteiger partial charge in [-0.3, -0.25) is 10.5 Å². The molecule has 0 radical (unpaired) electrons. The van der Waals surface area contributed by atoms with Gasteiger partial charge in [0.2, 0.25) is 12.1 Å². The van der Waals surface area contributed by atoms with Crippen molar-refractivity contribution in [3.05, 3.63) is 0 Å². The van der Waals surface area contributed by atoms with Gasteiger partial charge in [-0.2, -0.15) is 0 Å². The molecule has 2 heterocycles. The van der Waals surface area contributed by atoms with Crippen LogP contribution in [0.5, 0.6) is 0 Å². The normalized spacial score (nSPS) is 49.7. The molecule has 6 N–H and O–H groups in total. The maximum absolute atomic E-state index is 10.9. The van der Waals surface area contributed by atoms with Crippen molar-refractivity contribution in [1.29, 1.82) is 0 Å². The summed E-state index contributed by atoms with van der Waals surface area (Å²) in [5.74, 6) is -0.350. The van der Waals surface area contributed by atoms with E-state index in [1.54, 1.807) is 0 Å². The highest BCUT2D eigenvalue weighted by molar-refractivity contribution is 5.73. The highest BCUT2D eigenvalue weighted by Gasteiger charge is 2.72. The predicted octanol–water partition coefficient (Wildman–Crippen LogP) is -3.24. The highest BCUT2D eigenvalue weighted by atomic mass is 16.9. The minimum Gasteiger partial charge on any atom is -0.388 e. The van der Waals surface area contributed by atoms with E-state index in [0.29, 0.717) is 0 Å². The number of nitrogens with two attached hydrogens (primary N) is 1. The SMILES string of the molecule is CC(=O)N[C@@H]1[C@@H](O)[C@H](O)[C@H]2[C@@H](O)[O+]2[C@@H]1N. The molecule has 15 heavy (non-hydrogen) atoms. The van der Waals surface area contributed by atoms with E-state index < -0.39 is 36.9 Å². The third-order valence-electron chi connectivity index (χ3n) is 2.89. The Morgan fingerprint density at radius 2 is 1.93 bits per heavy atom. The number of aliphatic hydroxyl groups excluding tert-OH is 3. The average Bonchev–Trinajstić information content (AvgIpc) is 2.81. The Balaban J connectivity index is 2.13. The lowest BCUT2D eigenvalue weighted by atomic mass is 9.99. The molecule has 2 rings (SSSR count). The van der Waals surface area contributed by atoms with Gasteiger partial charge in [0, 0.05) is 6.92 Å². The standard InChI is InChI=1S/C8H14N2O5/c1-2(11)10-3-4(12)5(13)6-8(14)15(6)7(3)9/h3-8,12-14H,9H2,1H3/p+1/t3-,4-,5+,6+,7+,8+/m1/s1. The maximum atomic E-state index is 10.9. The van der Waals surface area contributed by atoms with Gasteiger partial charge in [0.15, 0.2) is 6.10 Å². The first-order valence-corrected chi connectivity index (χ1v) is 4.72. The van der Waals surface area contributed by atoms with Crippen LogP contribution in [0.1, 0.15) is 6.92 Å². The minimum absolute atomic E-state index is 0.350. The molecule has 0 spiro atoms. The summed E-state index contributed by atoms with van der Waals surface area (Å²) in [4.78, 5) is 10.9. The van der Waals surface area contributed by atoms with Crippen LogP contribution in [0.4, 0.5) is 0 Å². The van der Waals surface area contributed by atoms with E-state index in [1.807, 2.05) is 0 Å². The third kappa shape index (κ3) is 1.52. The number of carbonyl (C=O) groups is 1. The molecular formula is C8H15N2O5+. The molecule has 0 aromatic carbocycles. The van der Waals surface area contributed by atoms with Gasteiger partial charge in [0.25, 0.3) is 6.10 Å². The van der Waals surface area contributed by atoms with Gasteiger partial charge in [0.05, 0.1) is 0 Å². The Hall–Kier alpha value is -0.730. The number of amides is 1. The second-order valence-electron chi connectivity index (χ2n) is 3.94. The third-order valence-corrected chi connectivity index (χ3v) is 2.89. The summed E-state index contributed by atoms with van der Waals surface area (Å²) in [6.45, 7) is 1.29. The monoisotopic (exact) mass is 219 g/mol. The van der Waals surface area contributed by atoms with Crippen LogP contribution in [0.15, 0.2) is 0 Å². The predicted molar refractivity (Wildman–Crippen MR) is 48.5 cm³/mol. The minimum atomic E-state index is -1.17. The molecule has 2 aliphatic rings. The molecule has 7 heteroatoms. The number of nitrogens with one attached hydrogen (secondary N) is 1. The first-order valence-electron chi connectivity index (χ1n) is 4.72. The van der Waals surface area contributed by atoms with Crippen molar-refractivity contribution in [3.8, 4) is 0 Å². The second-order valence-corrected chi connectivity index (χ2v) is 3.94. The largest absolute Gasteiger partial charge is 0.388 e. The first-order chi connectivity index (χ1) is 6.95. The van der Waals surface area contributed by atoms with Crippen LogP contribution in [0.25, 0.3) is 0 Å². The number of hydrogen-bond acceptors (Lipinski definition) is 5. The van der Waals surface area contributed by atoms with Crippen LogP contribution in [-0.2, 0) is 9.16 Å². The fourth-order valence-corrected chi connectivity index (χ4v) is 2.07. The van der Waals surface area contributed by atoms with Gasteiger partial charge in [-0.15, -0.1) is 0 Å². The summed E-state index contributed by atoms with van der Waals surface area (Å²) < 4.78 is 2.30. The number of fused-ring (bicyclic) bond motifs is 1. The number of hydrogen-bond donors (Lipinski definition) is 5. The van der Waals surface area contributed by atoms with Crippen LogP contribution in [0, 0.1) is 0 Å². The van der Waals surface area contributed by atoms with E-state index in [9.17, 15) is 20.1 Å². The van der Waals surface area contributed by atoms with E-state index in [-0.39, 0.29) is 5.91 Å². The summed E-state index contributed by atoms with van der Waals surface area (Å²) >= 11 is 0. The molecule has 2 fully saturated rings. The van der Waals surface area contributed by atoms with Crippen molar-refractivity contribution in [2.45, 2.75) is 43.8 Å². The zero-order chi connectivity index (χ0) is 11.3.